The SMILES string of the molecule is CC(=O)Nc1ccc(S(=O)(=O)[C@H]2CS(=O)(=O)C[C@@H]2NCc2ccccc2C)cc1. The Morgan fingerprint density at radius 1 is 1.07 bits per heavy atom. The van der Waals surface area contributed by atoms with Crippen molar-refractivity contribution in [3.05, 3.63) is 59.7 Å². The Balaban J connectivity index is 1.83. The molecule has 2 N–H and O–H groups in total. The Labute approximate surface area is 171 Å². The van der Waals surface area contributed by atoms with Crippen molar-refractivity contribution in [1.29, 1.82) is 0 Å². The molecular formula is C20H24N2O5S2. The average Bonchev–Trinajstić information content (AvgIpc) is 2.96. The van der Waals surface area contributed by atoms with E-state index in [0.29, 0.717) is 12.2 Å². The molecule has 0 saturated carbocycles. The van der Waals surface area contributed by atoms with Crippen molar-refractivity contribution in [2.24, 2.45) is 0 Å². The first kappa shape index (κ1) is 21.5. The number of hydrogen-bond donors (Lipinski definition) is 2. The fraction of sp³-hybridized carbons (Fsp3) is 0.350. The summed E-state index contributed by atoms with van der Waals surface area (Å²) in [5.74, 6) is -0.885. The van der Waals surface area contributed by atoms with Gasteiger partial charge in [-0.1, -0.05) is 24.3 Å². The Morgan fingerprint density at radius 3 is 2.34 bits per heavy atom. The van der Waals surface area contributed by atoms with Crippen molar-refractivity contribution >= 4 is 31.3 Å². The van der Waals surface area contributed by atoms with Gasteiger partial charge in [-0.05, 0) is 42.3 Å². The minimum absolute atomic E-state index is 0.0383. The van der Waals surface area contributed by atoms with Crippen LogP contribution in [0.2, 0.25) is 0 Å². The molecule has 0 aromatic heterocycles. The van der Waals surface area contributed by atoms with Crippen LogP contribution < -0.4 is 10.6 Å². The van der Waals surface area contributed by atoms with Crippen molar-refractivity contribution in [2.75, 3.05) is 16.8 Å². The summed E-state index contributed by atoms with van der Waals surface area (Å²) in [7, 11) is -7.35. The van der Waals surface area contributed by atoms with E-state index in [4.69, 9.17) is 0 Å². The maximum absolute atomic E-state index is 13.2. The normalized spacial score (nSPS) is 21.0. The molecule has 1 fully saturated rings. The van der Waals surface area contributed by atoms with E-state index in [1.165, 1.54) is 31.2 Å². The van der Waals surface area contributed by atoms with Gasteiger partial charge in [0.15, 0.2) is 19.7 Å². The van der Waals surface area contributed by atoms with Gasteiger partial charge >= 0.3 is 0 Å². The molecule has 0 unspecified atom stereocenters. The molecule has 1 heterocycles. The molecule has 2 aromatic rings. The third-order valence-electron chi connectivity index (χ3n) is 5.02. The second-order valence-corrected chi connectivity index (χ2v) is 11.6. The molecule has 1 aliphatic heterocycles. The van der Waals surface area contributed by atoms with E-state index in [-0.39, 0.29) is 16.6 Å². The molecule has 0 aliphatic carbocycles. The molecule has 156 valence electrons. The summed E-state index contributed by atoms with van der Waals surface area (Å²) in [5.41, 5.74) is 2.52. The van der Waals surface area contributed by atoms with Gasteiger partial charge in [0.25, 0.3) is 0 Å². The van der Waals surface area contributed by atoms with Gasteiger partial charge in [-0.25, -0.2) is 16.8 Å². The standard InChI is InChI=1S/C20H24N2O5S2/c1-14-5-3-4-6-16(14)11-21-19-12-28(24,25)13-20(19)29(26,27)18-9-7-17(8-10-18)22-15(2)23/h3-10,19-21H,11-13H2,1-2H3,(H,22,23)/t19-,20-/m0/s1. The van der Waals surface area contributed by atoms with Crippen LogP contribution in [0.4, 0.5) is 5.69 Å². The number of sulfone groups is 2. The summed E-state index contributed by atoms with van der Waals surface area (Å²) in [6.45, 7) is 3.70. The molecule has 2 aromatic carbocycles. The Morgan fingerprint density at radius 2 is 1.72 bits per heavy atom. The summed E-state index contributed by atoms with van der Waals surface area (Å²) in [6.07, 6.45) is 0. The number of carbonyl (C=O) groups is 1. The fourth-order valence-corrected chi connectivity index (χ4v) is 8.18. The molecule has 2 atom stereocenters. The quantitative estimate of drug-likeness (QED) is 0.713. The van der Waals surface area contributed by atoms with E-state index in [1.807, 2.05) is 31.2 Å². The smallest absolute Gasteiger partial charge is 0.221 e. The highest BCUT2D eigenvalue weighted by molar-refractivity contribution is 7.96. The lowest BCUT2D eigenvalue weighted by Gasteiger charge is -2.20. The zero-order valence-electron chi connectivity index (χ0n) is 16.3. The van der Waals surface area contributed by atoms with Crippen molar-refractivity contribution in [1.82, 2.24) is 5.32 Å². The third-order valence-corrected chi connectivity index (χ3v) is 9.18. The molecule has 0 radical (unpaired) electrons. The molecule has 0 spiro atoms. The minimum Gasteiger partial charge on any atom is -0.326 e. The Kier molecular flexibility index (Phi) is 6.11. The summed E-state index contributed by atoms with van der Waals surface area (Å²) in [6, 6.07) is 12.8. The largest absolute Gasteiger partial charge is 0.326 e. The number of rotatable bonds is 6. The van der Waals surface area contributed by atoms with Crippen LogP contribution in [0, 0.1) is 6.92 Å². The number of aryl methyl sites for hydroxylation is 1. The zero-order chi connectivity index (χ0) is 21.2. The first-order valence-corrected chi connectivity index (χ1v) is 12.5. The van der Waals surface area contributed by atoms with E-state index < -0.39 is 36.7 Å². The summed E-state index contributed by atoms with van der Waals surface area (Å²) >= 11 is 0. The molecule has 1 saturated heterocycles. The van der Waals surface area contributed by atoms with Crippen molar-refractivity contribution < 1.29 is 21.6 Å². The lowest BCUT2D eigenvalue weighted by Crippen LogP contribution is -2.43. The minimum atomic E-state index is -3.87. The van der Waals surface area contributed by atoms with Crippen LogP contribution >= 0.6 is 0 Å². The van der Waals surface area contributed by atoms with Gasteiger partial charge < -0.3 is 10.6 Å². The number of hydrogen-bond acceptors (Lipinski definition) is 6. The van der Waals surface area contributed by atoms with Crippen LogP contribution in [0.15, 0.2) is 53.4 Å². The van der Waals surface area contributed by atoms with Crippen LogP contribution in [0.1, 0.15) is 18.1 Å². The van der Waals surface area contributed by atoms with Crippen LogP contribution in [0.25, 0.3) is 0 Å². The van der Waals surface area contributed by atoms with Crippen LogP contribution in [0.3, 0.4) is 0 Å². The molecule has 9 heteroatoms. The summed E-state index contributed by atoms with van der Waals surface area (Å²) in [4.78, 5) is 11.2. The molecule has 1 amide bonds. The van der Waals surface area contributed by atoms with Crippen molar-refractivity contribution in [3.8, 4) is 0 Å². The lowest BCUT2D eigenvalue weighted by molar-refractivity contribution is -0.114. The predicted octanol–water partition coefficient (Wildman–Crippen LogP) is 1.68. The van der Waals surface area contributed by atoms with Gasteiger partial charge in [-0.3, -0.25) is 4.79 Å². The number of amides is 1. The van der Waals surface area contributed by atoms with E-state index in [9.17, 15) is 21.6 Å². The number of carbonyl (C=O) groups excluding carboxylic acids is 1. The Bertz CT molecular complexity index is 1110. The molecule has 1 aliphatic rings. The third kappa shape index (κ3) is 5.04. The maximum atomic E-state index is 13.2. The first-order chi connectivity index (χ1) is 13.6. The molecular weight excluding hydrogens is 412 g/mol. The van der Waals surface area contributed by atoms with Gasteiger partial charge in [0.1, 0.15) is 0 Å². The van der Waals surface area contributed by atoms with E-state index in [2.05, 4.69) is 10.6 Å². The highest BCUT2D eigenvalue weighted by Crippen LogP contribution is 2.27. The van der Waals surface area contributed by atoms with Gasteiger partial charge in [0.05, 0.1) is 21.7 Å². The van der Waals surface area contributed by atoms with Gasteiger partial charge in [0.2, 0.25) is 5.91 Å². The van der Waals surface area contributed by atoms with Gasteiger partial charge in [-0.15, -0.1) is 0 Å². The second kappa shape index (κ2) is 8.25. The predicted molar refractivity (Wildman–Crippen MR) is 112 cm³/mol. The first-order valence-electron chi connectivity index (χ1n) is 9.18. The molecule has 7 nitrogen and oxygen atoms in total. The van der Waals surface area contributed by atoms with E-state index in [0.717, 1.165) is 11.1 Å². The monoisotopic (exact) mass is 436 g/mol. The van der Waals surface area contributed by atoms with E-state index in [1.54, 1.807) is 0 Å². The van der Waals surface area contributed by atoms with Crippen LogP contribution in [-0.4, -0.2) is 45.5 Å². The van der Waals surface area contributed by atoms with Gasteiger partial charge in [0, 0.05) is 25.2 Å². The molecule has 0 bridgehead atoms. The number of benzene rings is 2. The average molecular weight is 437 g/mol. The van der Waals surface area contributed by atoms with Crippen LogP contribution in [0.5, 0.6) is 0 Å². The maximum Gasteiger partial charge on any atom is 0.221 e. The highest BCUT2D eigenvalue weighted by Gasteiger charge is 2.45. The van der Waals surface area contributed by atoms with Crippen molar-refractivity contribution in [2.45, 2.75) is 36.6 Å². The van der Waals surface area contributed by atoms with Gasteiger partial charge in [-0.2, -0.15) is 0 Å². The lowest BCUT2D eigenvalue weighted by atomic mass is 10.1. The molecule has 29 heavy (non-hydrogen) atoms. The van der Waals surface area contributed by atoms with Crippen molar-refractivity contribution in [3.63, 3.8) is 0 Å². The second-order valence-electron chi connectivity index (χ2n) is 7.28. The summed E-state index contributed by atoms with van der Waals surface area (Å²) in [5, 5.41) is 4.65. The highest BCUT2D eigenvalue weighted by atomic mass is 32.2. The Hall–Kier alpha value is -2.23. The molecule has 3 rings (SSSR count). The summed E-state index contributed by atoms with van der Waals surface area (Å²) < 4.78 is 50.8. The fourth-order valence-electron chi connectivity index (χ4n) is 3.47. The van der Waals surface area contributed by atoms with Crippen LogP contribution in [-0.2, 0) is 31.0 Å². The zero-order valence-corrected chi connectivity index (χ0v) is 17.9. The number of nitrogens with one attached hydrogen (secondary N) is 2. The van der Waals surface area contributed by atoms with E-state index >= 15 is 0 Å². The number of anilines is 1. The topological polar surface area (TPSA) is 109 Å².